The Hall–Kier alpha value is -3.40. The van der Waals surface area contributed by atoms with Gasteiger partial charge in [0.1, 0.15) is 11.3 Å². The molecule has 0 aliphatic rings. The van der Waals surface area contributed by atoms with E-state index in [1.165, 1.54) is 21.3 Å². The van der Waals surface area contributed by atoms with Gasteiger partial charge in [0.25, 0.3) is 11.1 Å². The topological polar surface area (TPSA) is 109 Å². The van der Waals surface area contributed by atoms with Gasteiger partial charge in [0.05, 0.1) is 21.3 Å². The minimum absolute atomic E-state index is 0.0374. The highest BCUT2D eigenvalue weighted by molar-refractivity contribution is 7.99. The smallest absolute Gasteiger partial charge is 0.316 e. The number of esters is 1. The van der Waals surface area contributed by atoms with E-state index in [1.807, 2.05) is 18.2 Å². The Morgan fingerprint density at radius 1 is 1.07 bits per heavy atom. The van der Waals surface area contributed by atoms with Crippen LogP contribution in [0.25, 0.3) is 11.1 Å². The molecule has 0 aliphatic carbocycles. The van der Waals surface area contributed by atoms with Crippen molar-refractivity contribution >= 4 is 40.4 Å². The molecule has 3 rings (SSSR count). The monoisotopic (exact) mass is 432 g/mol. The van der Waals surface area contributed by atoms with Gasteiger partial charge in [-0.1, -0.05) is 23.9 Å². The standard InChI is InChI=1S/C20H20N2O7S/c1-25-15-8-12(9-16(26-2)19(15)27-3)21-17(23)10-28-18(24)11-30-20-22-13-6-4-5-7-14(13)29-20/h4-9H,10-11H2,1-3H3,(H,21,23). The molecule has 30 heavy (non-hydrogen) atoms. The van der Waals surface area contributed by atoms with E-state index in [4.69, 9.17) is 23.4 Å². The van der Waals surface area contributed by atoms with Crippen LogP contribution in [-0.4, -0.2) is 50.5 Å². The Morgan fingerprint density at radius 2 is 1.77 bits per heavy atom. The fourth-order valence-electron chi connectivity index (χ4n) is 2.57. The van der Waals surface area contributed by atoms with Crippen molar-refractivity contribution in [1.29, 1.82) is 0 Å². The zero-order valence-corrected chi connectivity index (χ0v) is 17.4. The largest absolute Gasteiger partial charge is 0.493 e. The molecule has 1 heterocycles. The van der Waals surface area contributed by atoms with Gasteiger partial charge >= 0.3 is 5.97 Å². The van der Waals surface area contributed by atoms with Gasteiger partial charge in [-0.2, -0.15) is 0 Å². The quantitative estimate of drug-likeness (QED) is 0.403. The van der Waals surface area contributed by atoms with Gasteiger partial charge in [0, 0.05) is 17.8 Å². The molecule has 1 amide bonds. The first-order chi connectivity index (χ1) is 14.5. The van der Waals surface area contributed by atoms with Crippen molar-refractivity contribution in [3.05, 3.63) is 36.4 Å². The maximum Gasteiger partial charge on any atom is 0.316 e. The molecule has 0 saturated carbocycles. The van der Waals surface area contributed by atoms with Crippen molar-refractivity contribution < 1.29 is 33.0 Å². The molecule has 0 spiro atoms. The summed E-state index contributed by atoms with van der Waals surface area (Å²) in [6.07, 6.45) is 0. The molecular weight excluding hydrogens is 412 g/mol. The van der Waals surface area contributed by atoms with Gasteiger partial charge in [-0.3, -0.25) is 9.59 Å². The normalized spacial score (nSPS) is 10.5. The first kappa shape index (κ1) is 21.3. The third-order valence-electron chi connectivity index (χ3n) is 3.90. The van der Waals surface area contributed by atoms with E-state index in [0.29, 0.717) is 39.3 Å². The number of rotatable bonds is 9. The molecule has 0 unspecified atom stereocenters. The van der Waals surface area contributed by atoms with E-state index in [9.17, 15) is 9.59 Å². The van der Waals surface area contributed by atoms with Crippen LogP contribution in [0.5, 0.6) is 17.2 Å². The van der Waals surface area contributed by atoms with Crippen LogP contribution in [0.2, 0.25) is 0 Å². The third kappa shape index (κ3) is 5.15. The number of amides is 1. The summed E-state index contributed by atoms with van der Waals surface area (Å²) in [4.78, 5) is 28.3. The number of nitrogens with zero attached hydrogens (tertiary/aromatic N) is 1. The highest BCUT2D eigenvalue weighted by Gasteiger charge is 2.16. The summed E-state index contributed by atoms with van der Waals surface area (Å²) in [7, 11) is 4.43. The lowest BCUT2D eigenvalue weighted by Gasteiger charge is -2.14. The summed E-state index contributed by atoms with van der Waals surface area (Å²) in [5.74, 6) is 0.0646. The van der Waals surface area contributed by atoms with Crippen molar-refractivity contribution in [3.63, 3.8) is 0 Å². The molecule has 0 aliphatic heterocycles. The van der Waals surface area contributed by atoms with Crippen LogP contribution in [0.4, 0.5) is 5.69 Å². The molecule has 0 fully saturated rings. The first-order valence-electron chi connectivity index (χ1n) is 8.78. The maximum absolute atomic E-state index is 12.1. The van der Waals surface area contributed by atoms with Crippen LogP contribution in [-0.2, 0) is 14.3 Å². The number of thioether (sulfide) groups is 1. The van der Waals surface area contributed by atoms with Gasteiger partial charge in [0.15, 0.2) is 23.7 Å². The number of hydrogen-bond acceptors (Lipinski definition) is 9. The second kappa shape index (κ2) is 9.88. The Bertz CT molecular complexity index is 993. The minimum atomic E-state index is -0.567. The maximum atomic E-state index is 12.1. The van der Waals surface area contributed by atoms with E-state index < -0.39 is 18.5 Å². The number of methoxy groups -OCH3 is 3. The van der Waals surface area contributed by atoms with E-state index in [2.05, 4.69) is 10.3 Å². The second-order valence-electron chi connectivity index (χ2n) is 5.86. The lowest BCUT2D eigenvalue weighted by atomic mass is 10.2. The molecular formula is C20H20N2O7S. The molecule has 10 heteroatoms. The van der Waals surface area contributed by atoms with Gasteiger partial charge in [-0.05, 0) is 12.1 Å². The van der Waals surface area contributed by atoms with Crippen LogP contribution in [0, 0.1) is 0 Å². The number of nitrogens with one attached hydrogen (secondary N) is 1. The molecule has 0 saturated heterocycles. The highest BCUT2D eigenvalue weighted by atomic mass is 32.2. The molecule has 3 aromatic rings. The van der Waals surface area contributed by atoms with Crippen LogP contribution >= 0.6 is 11.8 Å². The lowest BCUT2D eigenvalue weighted by Crippen LogP contribution is -2.21. The number of anilines is 1. The van der Waals surface area contributed by atoms with Gasteiger partial charge < -0.3 is 28.7 Å². The summed E-state index contributed by atoms with van der Waals surface area (Å²) >= 11 is 1.09. The van der Waals surface area contributed by atoms with E-state index in [0.717, 1.165) is 11.8 Å². The summed E-state index contributed by atoms with van der Waals surface area (Å²) in [5, 5.41) is 2.98. The average molecular weight is 432 g/mol. The number of oxazole rings is 1. The van der Waals surface area contributed by atoms with Gasteiger partial charge in [-0.15, -0.1) is 0 Å². The van der Waals surface area contributed by atoms with Crippen molar-refractivity contribution in [2.75, 3.05) is 39.0 Å². The predicted molar refractivity (Wildman–Crippen MR) is 110 cm³/mol. The van der Waals surface area contributed by atoms with Crippen molar-refractivity contribution in [3.8, 4) is 17.2 Å². The Kier molecular flexibility index (Phi) is 7.02. The van der Waals surface area contributed by atoms with Crippen LogP contribution in [0.3, 0.4) is 0 Å². The predicted octanol–water partition coefficient (Wildman–Crippen LogP) is 3.13. The van der Waals surface area contributed by atoms with E-state index in [-0.39, 0.29) is 5.75 Å². The molecule has 1 N–H and O–H groups in total. The van der Waals surface area contributed by atoms with Crippen LogP contribution in [0.1, 0.15) is 0 Å². The molecule has 1 aromatic heterocycles. The summed E-state index contributed by atoms with van der Waals surface area (Å²) < 4.78 is 26.2. The Morgan fingerprint density at radius 3 is 2.40 bits per heavy atom. The van der Waals surface area contributed by atoms with Crippen molar-refractivity contribution in [2.45, 2.75) is 5.22 Å². The fraction of sp³-hybridized carbons (Fsp3) is 0.250. The highest BCUT2D eigenvalue weighted by Crippen LogP contribution is 2.39. The molecule has 9 nitrogen and oxygen atoms in total. The third-order valence-corrected chi connectivity index (χ3v) is 4.70. The summed E-state index contributed by atoms with van der Waals surface area (Å²) in [6.45, 7) is -0.441. The molecule has 0 bridgehead atoms. The van der Waals surface area contributed by atoms with Crippen LogP contribution in [0.15, 0.2) is 46.0 Å². The first-order valence-corrected chi connectivity index (χ1v) is 9.76. The Balaban J connectivity index is 1.50. The van der Waals surface area contributed by atoms with E-state index in [1.54, 1.807) is 18.2 Å². The van der Waals surface area contributed by atoms with Gasteiger partial charge in [-0.25, -0.2) is 4.98 Å². The van der Waals surface area contributed by atoms with Crippen molar-refractivity contribution in [2.24, 2.45) is 0 Å². The number of hydrogen-bond donors (Lipinski definition) is 1. The second-order valence-corrected chi connectivity index (χ2v) is 6.79. The number of aromatic nitrogens is 1. The molecule has 0 radical (unpaired) electrons. The summed E-state index contributed by atoms with van der Waals surface area (Å²) in [5.41, 5.74) is 1.75. The Labute approximate surface area is 176 Å². The number of ether oxygens (including phenoxy) is 4. The number of carbonyl (C=O) groups excluding carboxylic acids is 2. The molecule has 158 valence electrons. The van der Waals surface area contributed by atoms with Crippen molar-refractivity contribution in [1.82, 2.24) is 4.98 Å². The van der Waals surface area contributed by atoms with E-state index >= 15 is 0 Å². The van der Waals surface area contributed by atoms with Crippen LogP contribution < -0.4 is 19.5 Å². The molecule has 2 aromatic carbocycles. The SMILES string of the molecule is COc1cc(NC(=O)COC(=O)CSc2nc3ccccc3o2)cc(OC)c1OC. The number of para-hydroxylation sites is 2. The minimum Gasteiger partial charge on any atom is -0.493 e. The molecule has 0 atom stereocenters. The fourth-order valence-corrected chi connectivity index (χ4v) is 3.21. The zero-order valence-electron chi connectivity index (χ0n) is 16.6. The summed E-state index contributed by atoms with van der Waals surface area (Å²) in [6, 6.07) is 10.4. The number of benzene rings is 2. The van der Waals surface area contributed by atoms with Gasteiger partial charge in [0.2, 0.25) is 5.75 Å². The number of carbonyl (C=O) groups is 2. The zero-order chi connectivity index (χ0) is 21.5. The lowest BCUT2D eigenvalue weighted by molar-refractivity contribution is -0.144. The number of fused-ring (bicyclic) bond motifs is 1. The average Bonchev–Trinajstić information content (AvgIpc) is 3.18.